The van der Waals surface area contributed by atoms with Gasteiger partial charge in [0.25, 0.3) is 0 Å². The predicted octanol–water partition coefficient (Wildman–Crippen LogP) is 2.12. The van der Waals surface area contributed by atoms with E-state index in [1.807, 2.05) is 6.92 Å². The van der Waals surface area contributed by atoms with E-state index in [0.29, 0.717) is 0 Å². The van der Waals surface area contributed by atoms with Gasteiger partial charge in [0.05, 0.1) is 6.10 Å². The molecule has 0 aliphatic rings. The number of thiol groups is 1. The lowest BCUT2D eigenvalue weighted by Gasteiger charge is -2.04. The highest BCUT2D eigenvalue weighted by atomic mass is 33.1. The molecule has 0 spiro atoms. The highest BCUT2D eigenvalue weighted by Crippen LogP contribution is 2.10. The molecule has 0 radical (unpaired) electrons. The molecule has 9 heavy (non-hydrogen) atoms. The van der Waals surface area contributed by atoms with Crippen LogP contribution in [0.15, 0.2) is 0 Å². The van der Waals surface area contributed by atoms with Crippen molar-refractivity contribution in [2.45, 2.75) is 32.3 Å². The minimum atomic E-state index is -0.0921. The summed E-state index contributed by atoms with van der Waals surface area (Å²) in [5.41, 5.74) is 0. The van der Waals surface area contributed by atoms with Crippen molar-refractivity contribution in [2.75, 3.05) is 5.75 Å². The first-order chi connectivity index (χ1) is 4.31. The topological polar surface area (TPSA) is 20.2 Å². The summed E-state index contributed by atoms with van der Waals surface area (Å²) in [7, 11) is 1.54. The first kappa shape index (κ1) is 9.66. The number of hydrogen-bond acceptors (Lipinski definition) is 3. The third-order valence-electron chi connectivity index (χ3n) is 1.24. The van der Waals surface area contributed by atoms with E-state index in [1.165, 1.54) is 10.8 Å². The van der Waals surface area contributed by atoms with Crippen LogP contribution in [0.2, 0.25) is 0 Å². The summed E-state index contributed by atoms with van der Waals surface area (Å²) in [4.78, 5) is 0. The Labute approximate surface area is 66.0 Å². The molecule has 0 heterocycles. The second-order valence-corrected chi connectivity index (χ2v) is 3.48. The Morgan fingerprint density at radius 2 is 2.33 bits per heavy atom. The molecule has 0 aromatic heterocycles. The van der Waals surface area contributed by atoms with Crippen LogP contribution in [-0.2, 0) is 0 Å². The minimum Gasteiger partial charge on any atom is -0.393 e. The second kappa shape index (κ2) is 6.78. The van der Waals surface area contributed by atoms with Crippen molar-refractivity contribution in [3.05, 3.63) is 0 Å². The molecule has 3 heteroatoms. The molecular formula is C6H14OS2. The summed E-state index contributed by atoms with van der Waals surface area (Å²) in [6.07, 6.45) is 2.77. The van der Waals surface area contributed by atoms with Gasteiger partial charge in [0.1, 0.15) is 0 Å². The molecule has 1 N–H and O–H groups in total. The Balaban J connectivity index is 2.88. The van der Waals surface area contributed by atoms with Crippen LogP contribution in [0.1, 0.15) is 26.2 Å². The maximum Gasteiger partial charge on any atom is 0.0538 e. The summed E-state index contributed by atoms with van der Waals surface area (Å²) in [5.74, 6) is 1.04. The molecule has 0 amide bonds. The van der Waals surface area contributed by atoms with Crippen molar-refractivity contribution < 1.29 is 5.11 Å². The van der Waals surface area contributed by atoms with E-state index in [0.717, 1.165) is 25.0 Å². The van der Waals surface area contributed by atoms with Gasteiger partial charge in [0, 0.05) is 5.75 Å². The monoisotopic (exact) mass is 166 g/mol. The SMILES string of the molecule is CCC(O)CCCSS. The largest absolute Gasteiger partial charge is 0.393 e. The van der Waals surface area contributed by atoms with E-state index in [2.05, 4.69) is 11.7 Å². The van der Waals surface area contributed by atoms with Gasteiger partial charge in [-0.2, -0.15) is 0 Å². The molecule has 1 unspecified atom stereocenters. The van der Waals surface area contributed by atoms with Gasteiger partial charge in [-0.25, -0.2) is 0 Å². The summed E-state index contributed by atoms with van der Waals surface area (Å²) >= 11 is 3.99. The molecule has 0 aromatic carbocycles. The molecular weight excluding hydrogens is 152 g/mol. The van der Waals surface area contributed by atoms with Crippen LogP contribution in [0, 0.1) is 0 Å². The number of rotatable bonds is 5. The molecule has 0 rings (SSSR count). The second-order valence-electron chi connectivity index (χ2n) is 2.04. The van der Waals surface area contributed by atoms with E-state index in [1.54, 1.807) is 0 Å². The fourth-order valence-electron chi connectivity index (χ4n) is 0.588. The average molecular weight is 166 g/mol. The van der Waals surface area contributed by atoms with Crippen LogP contribution < -0.4 is 0 Å². The van der Waals surface area contributed by atoms with Gasteiger partial charge >= 0.3 is 0 Å². The van der Waals surface area contributed by atoms with Crippen LogP contribution in [0.3, 0.4) is 0 Å². The molecule has 56 valence electrons. The van der Waals surface area contributed by atoms with Gasteiger partial charge in [-0.05, 0) is 19.3 Å². The smallest absolute Gasteiger partial charge is 0.0538 e. The van der Waals surface area contributed by atoms with Gasteiger partial charge in [-0.15, -0.1) is 11.7 Å². The molecule has 1 nitrogen and oxygen atoms in total. The third-order valence-corrected chi connectivity index (χ3v) is 2.26. The Kier molecular flexibility index (Phi) is 7.27. The standard InChI is InChI=1S/C6H14OS2/c1-2-6(7)4-3-5-9-8/h6-8H,2-5H2,1H3. The first-order valence-corrected chi connectivity index (χ1v) is 5.29. The van der Waals surface area contributed by atoms with E-state index >= 15 is 0 Å². The summed E-state index contributed by atoms with van der Waals surface area (Å²) in [6.45, 7) is 2.00. The fraction of sp³-hybridized carbons (Fsp3) is 1.00. The maximum atomic E-state index is 9.05. The normalized spacial score (nSPS) is 13.7. The Bertz CT molecular complexity index is 59.0. The van der Waals surface area contributed by atoms with E-state index < -0.39 is 0 Å². The molecule has 0 saturated heterocycles. The lowest BCUT2D eigenvalue weighted by molar-refractivity contribution is 0.160. The highest BCUT2D eigenvalue weighted by Gasteiger charge is 1.97. The van der Waals surface area contributed by atoms with E-state index in [9.17, 15) is 0 Å². The van der Waals surface area contributed by atoms with Crippen molar-refractivity contribution in [2.24, 2.45) is 0 Å². The minimum absolute atomic E-state index is 0.0921. The Morgan fingerprint density at radius 3 is 2.78 bits per heavy atom. The number of aliphatic hydroxyl groups excluding tert-OH is 1. The maximum absolute atomic E-state index is 9.05. The quantitative estimate of drug-likeness (QED) is 0.370. The van der Waals surface area contributed by atoms with Crippen molar-refractivity contribution in [1.82, 2.24) is 0 Å². The van der Waals surface area contributed by atoms with Crippen LogP contribution in [0.5, 0.6) is 0 Å². The fourth-order valence-corrected chi connectivity index (χ4v) is 1.27. The van der Waals surface area contributed by atoms with E-state index in [4.69, 9.17) is 5.11 Å². The zero-order chi connectivity index (χ0) is 7.11. The summed E-state index contributed by atoms with van der Waals surface area (Å²) < 4.78 is 0. The molecule has 0 aromatic rings. The van der Waals surface area contributed by atoms with Gasteiger partial charge in [-0.1, -0.05) is 17.7 Å². The van der Waals surface area contributed by atoms with Gasteiger partial charge in [-0.3, -0.25) is 0 Å². The molecule has 0 bridgehead atoms. The molecule has 0 aliphatic carbocycles. The predicted molar refractivity (Wildman–Crippen MR) is 47.0 cm³/mol. The Hall–Kier alpha value is 0.660. The van der Waals surface area contributed by atoms with Crippen LogP contribution in [0.4, 0.5) is 0 Å². The molecule has 1 atom stereocenters. The summed E-state index contributed by atoms with van der Waals surface area (Å²) in [6, 6.07) is 0. The zero-order valence-electron chi connectivity index (χ0n) is 5.71. The zero-order valence-corrected chi connectivity index (χ0v) is 7.42. The first-order valence-electron chi connectivity index (χ1n) is 3.25. The van der Waals surface area contributed by atoms with Crippen molar-refractivity contribution in [3.8, 4) is 0 Å². The summed E-state index contributed by atoms with van der Waals surface area (Å²) in [5, 5.41) is 9.05. The van der Waals surface area contributed by atoms with Gasteiger partial charge < -0.3 is 5.11 Å². The van der Waals surface area contributed by atoms with E-state index in [-0.39, 0.29) is 6.10 Å². The van der Waals surface area contributed by atoms with Crippen LogP contribution >= 0.6 is 22.5 Å². The highest BCUT2D eigenvalue weighted by molar-refractivity contribution is 8.68. The van der Waals surface area contributed by atoms with Crippen molar-refractivity contribution in [3.63, 3.8) is 0 Å². The molecule has 0 saturated carbocycles. The van der Waals surface area contributed by atoms with Crippen LogP contribution in [-0.4, -0.2) is 17.0 Å². The number of hydrogen-bond donors (Lipinski definition) is 2. The van der Waals surface area contributed by atoms with Crippen molar-refractivity contribution >= 4 is 22.5 Å². The Morgan fingerprint density at radius 1 is 1.67 bits per heavy atom. The number of aliphatic hydroxyl groups is 1. The lowest BCUT2D eigenvalue weighted by atomic mass is 10.2. The lowest BCUT2D eigenvalue weighted by Crippen LogP contribution is -2.03. The third kappa shape index (κ3) is 6.55. The average Bonchev–Trinajstić information content (AvgIpc) is 1.89. The van der Waals surface area contributed by atoms with Crippen LogP contribution in [0.25, 0.3) is 0 Å². The van der Waals surface area contributed by atoms with Gasteiger partial charge in [0.2, 0.25) is 0 Å². The molecule has 0 aliphatic heterocycles. The van der Waals surface area contributed by atoms with Gasteiger partial charge in [0.15, 0.2) is 0 Å². The van der Waals surface area contributed by atoms with Crippen molar-refractivity contribution in [1.29, 1.82) is 0 Å². The molecule has 0 fully saturated rings.